The van der Waals surface area contributed by atoms with Crippen molar-refractivity contribution in [2.75, 3.05) is 26.9 Å². The van der Waals surface area contributed by atoms with Crippen molar-refractivity contribution < 1.29 is 23.7 Å². The largest absolute Gasteiger partial charge is 0.498 e. The molecule has 5 heteroatoms. The Hall–Kier alpha value is -1.33. The van der Waals surface area contributed by atoms with Crippen LogP contribution in [0.25, 0.3) is 0 Å². The van der Waals surface area contributed by atoms with Gasteiger partial charge in [-0.1, -0.05) is 12.5 Å². The zero-order chi connectivity index (χ0) is 16.1. The molecular formula is C18H24O5. The average molecular weight is 320 g/mol. The van der Waals surface area contributed by atoms with Crippen molar-refractivity contribution in [2.24, 2.45) is 17.3 Å². The van der Waals surface area contributed by atoms with Crippen LogP contribution in [0.15, 0.2) is 24.0 Å². The summed E-state index contributed by atoms with van der Waals surface area (Å²) in [6.45, 7) is 3.38. The van der Waals surface area contributed by atoms with E-state index >= 15 is 0 Å². The van der Waals surface area contributed by atoms with Gasteiger partial charge in [0.2, 0.25) is 0 Å². The van der Waals surface area contributed by atoms with Crippen LogP contribution in [-0.4, -0.2) is 44.6 Å². The lowest BCUT2D eigenvalue weighted by molar-refractivity contribution is -0.201. The molecule has 5 atom stereocenters. The number of methoxy groups -OCH3 is 1. The Morgan fingerprint density at radius 1 is 1.48 bits per heavy atom. The highest BCUT2D eigenvalue weighted by Crippen LogP contribution is 2.70. The van der Waals surface area contributed by atoms with E-state index in [0.717, 1.165) is 18.6 Å². The van der Waals surface area contributed by atoms with Gasteiger partial charge in [0.25, 0.3) is 0 Å². The van der Waals surface area contributed by atoms with E-state index in [9.17, 15) is 4.79 Å². The normalized spacial score (nSPS) is 44.1. The van der Waals surface area contributed by atoms with E-state index in [0.29, 0.717) is 25.7 Å². The average Bonchev–Trinajstić information content (AvgIpc) is 3.16. The fourth-order valence-electron chi connectivity index (χ4n) is 5.47. The molecular weight excluding hydrogens is 296 g/mol. The second-order valence-corrected chi connectivity index (χ2v) is 6.85. The highest BCUT2D eigenvalue weighted by molar-refractivity contribution is 5.82. The van der Waals surface area contributed by atoms with Gasteiger partial charge in [0.15, 0.2) is 5.60 Å². The summed E-state index contributed by atoms with van der Waals surface area (Å²) >= 11 is 0. The summed E-state index contributed by atoms with van der Waals surface area (Å²) in [5.74, 6) is 1.11. The Morgan fingerprint density at radius 3 is 3.13 bits per heavy atom. The molecule has 0 N–H and O–H groups in total. The number of ether oxygens (including phenoxy) is 4. The van der Waals surface area contributed by atoms with E-state index < -0.39 is 5.60 Å². The second kappa shape index (κ2) is 5.35. The van der Waals surface area contributed by atoms with Gasteiger partial charge in [-0.05, 0) is 31.8 Å². The molecule has 1 heterocycles. The van der Waals surface area contributed by atoms with Gasteiger partial charge in [-0.25, -0.2) is 4.79 Å². The fourth-order valence-corrected chi connectivity index (χ4v) is 5.47. The number of rotatable bonds is 4. The first kappa shape index (κ1) is 15.2. The highest BCUT2D eigenvalue weighted by Gasteiger charge is 2.75. The van der Waals surface area contributed by atoms with Crippen molar-refractivity contribution in [3.63, 3.8) is 0 Å². The summed E-state index contributed by atoms with van der Waals surface area (Å²) in [7, 11) is 1.70. The first-order chi connectivity index (χ1) is 11.2. The van der Waals surface area contributed by atoms with Gasteiger partial charge in [0, 0.05) is 17.4 Å². The van der Waals surface area contributed by atoms with Gasteiger partial charge < -0.3 is 18.9 Å². The second-order valence-electron chi connectivity index (χ2n) is 6.85. The number of carbonyl (C=O) groups excluding carboxylic acids is 1. The lowest BCUT2D eigenvalue weighted by Gasteiger charge is -2.42. The number of hydrogen-bond acceptors (Lipinski definition) is 5. The maximum absolute atomic E-state index is 11.8. The maximum Gasteiger partial charge on any atom is 0.330 e. The minimum atomic E-state index is -0.568. The van der Waals surface area contributed by atoms with E-state index in [2.05, 4.69) is 6.08 Å². The van der Waals surface area contributed by atoms with E-state index in [1.165, 1.54) is 6.42 Å². The molecule has 1 spiro atoms. The van der Waals surface area contributed by atoms with Crippen LogP contribution in [0.5, 0.6) is 0 Å². The summed E-state index contributed by atoms with van der Waals surface area (Å²) < 4.78 is 23.2. The quantitative estimate of drug-likeness (QED) is 0.587. The summed E-state index contributed by atoms with van der Waals surface area (Å²) in [6, 6.07) is 0. The third-order valence-corrected chi connectivity index (χ3v) is 6.06. The van der Waals surface area contributed by atoms with E-state index in [-0.39, 0.29) is 23.4 Å². The van der Waals surface area contributed by atoms with Gasteiger partial charge in [-0.2, -0.15) is 0 Å². The predicted molar refractivity (Wildman–Crippen MR) is 82.6 cm³/mol. The molecule has 3 aliphatic carbocycles. The number of carbonyl (C=O) groups is 1. The molecule has 4 rings (SSSR count). The van der Waals surface area contributed by atoms with Crippen molar-refractivity contribution in [3.8, 4) is 0 Å². The van der Waals surface area contributed by atoms with Crippen LogP contribution in [0.3, 0.4) is 0 Å². The van der Waals surface area contributed by atoms with Crippen LogP contribution in [0.1, 0.15) is 26.2 Å². The third kappa shape index (κ3) is 1.83. The van der Waals surface area contributed by atoms with Crippen molar-refractivity contribution in [2.45, 2.75) is 37.9 Å². The SMILES string of the molecule is CCOC(=O)/C=C/[C@@H]1[C@H]2CCC[C@@]23C=C(OC)[C@@]12OCCO[C@H]32. The molecule has 3 fully saturated rings. The summed E-state index contributed by atoms with van der Waals surface area (Å²) in [5.41, 5.74) is -0.573. The Labute approximate surface area is 136 Å². The van der Waals surface area contributed by atoms with Crippen LogP contribution < -0.4 is 0 Å². The monoisotopic (exact) mass is 320 g/mol. The molecule has 0 aromatic heterocycles. The third-order valence-electron chi connectivity index (χ3n) is 6.06. The van der Waals surface area contributed by atoms with E-state index in [1.54, 1.807) is 13.2 Å². The smallest absolute Gasteiger partial charge is 0.330 e. The molecule has 0 unspecified atom stereocenters. The van der Waals surface area contributed by atoms with Gasteiger partial charge in [0.1, 0.15) is 11.9 Å². The Balaban J connectivity index is 1.74. The van der Waals surface area contributed by atoms with Gasteiger partial charge in [0.05, 0.1) is 26.9 Å². The molecule has 0 amide bonds. The van der Waals surface area contributed by atoms with E-state index in [1.807, 2.05) is 13.0 Å². The van der Waals surface area contributed by atoms with Crippen LogP contribution in [0.2, 0.25) is 0 Å². The number of hydrogen-bond donors (Lipinski definition) is 0. The maximum atomic E-state index is 11.8. The van der Waals surface area contributed by atoms with Gasteiger partial charge in [-0.15, -0.1) is 0 Å². The molecule has 1 saturated heterocycles. The molecule has 23 heavy (non-hydrogen) atoms. The van der Waals surface area contributed by atoms with E-state index in [4.69, 9.17) is 18.9 Å². The van der Waals surface area contributed by atoms with Crippen LogP contribution in [0, 0.1) is 17.3 Å². The van der Waals surface area contributed by atoms with Crippen molar-refractivity contribution in [1.82, 2.24) is 0 Å². The molecule has 2 saturated carbocycles. The van der Waals surface area contributed by atoms with Gasteiger partial charge >= 0.3 is 5.97 Å². The summed E-state index contributed by atoms with van der Waals surface area (Å²) in [5, 5.41) is 0. The first-order valence-corrected chi connectivity index (χ1v) is 8.57. The van der Waals surface area contributed by atoms with Crippen LogP contribution in [0.4, 0.5) is 0 Å². The summed E-state index contributed by atoms with van der Waals surface area (Å²) in [4.78, 5) is 11.8. The van der Waals surface area contributed by atoms with Crippen LogP contribution in [-0.2, 0) is 23.7 Å². The fraction of sp³-hybridized carbons (Fsp3) is 0.722. The molecule has 4 aliphatic rings. The molecule has 0 radical (unpaired) electrons. The van der Waals surface area contributed by atoms with Crippen LogP contribution >= 0.6 is 0 Å². The van der Waals surface area contributed by atoms with Crippen molar-refractivity contribution in [3.05, 3.63) is 24.0 Å². The number of esters is 1. The van der Waals surface area contributed by atoms with Crippen molar-refractivity contribution in [1.29, 1.82) is 0 Å². The predicted octanol–water partition coefficient (Wildman–Crippen LogP) is 2.22. The molecule has 0 aromatic carbocycles. The Morgan fingerprint density at radius 2 is 2.35 bits per heavy atom. The Kier molecular flexibility index (Phi) is 3.54. The molecule has 126 valence electrons. The minimum Gasteiger partial charge on any atom is -0.498 e. The lowest BCUT2D eigenvalue weighted by Crippen LogP contribution is -2.53. The molecule has 0 aromatic rings. The summed E-state index contributed by atoms with van der Waals surface area (Å²) in [6.07, 6.45) is 9.21. The lowest BCUT2D eigenvalue weighted by atomic mass is 9.74. The topological polar surface area (TPSA) is 54.0 Å². The highest BCUT2D eigenvalue weighted by atomic mass is 16.6. The zero-order valence-corrected chi connectivity index (χ0v) is 13.7. The Bertz CT molecular complexity index is 568. The standard InChI is InChI=1S/C18H24O5/c1-3-21-15(19)7-6-13-12-5-4-8-17(12)11-14(20-2)18(13)16(17)22-9-10-23-18/h6-7,11-13,16H,3-5,8-10H2,1-2H3/b7-6+/t12-,13-,16-,17-,18+/m1/s1. The molecule has 5 nitrogen and oxygen atoms in total. The van der Waals surface area contributed by atoms with Gasteiger partial charge in [-0.3, -0.25) is 0 Å². The molecule has 2 bridgehead atoms. The first-order valence-electron chi connectivity index (χ1n) is 8.57. The molecule has 1 aliphatic heterocycles. The van der Waals surface area contributed by atoms with Crippen molar-refractivity contribution >= 4 is 5.97 Å². The minimum absolute atomic E-state index is 0.00282. The zero-order valence-electron chi connectivity index (χ0n) is 13.7.